The molecule has 1 aliphatic carbocycles. The van der Waals surface area contributed by atoms with Gasteiger partial charge in [-0.3, -0.25) is 9.36 Å². The average Bonchev–Trinajstić information content (AvgIpc) is 3.63. The standard InChI is InChI=1S/C28H34F2N4O/c1-3-16-33(17-4-2)27-28(35)34(24-13-11-22(30)12-14-24)19-23(32-27)6-5-15-31-26-18-25(26)20-7-9-21(29)10-8-20/h7-14,19,25-26,31H,3-6,15-18H2,1-2H3/t25-,26+/m0/s1. The van der Waals surface area contributed by atoms with Crippen LogP contribution in [0.15, 0.2) is 59.5 Å². The van der Waals surface area contributed by atoms with E-state index in [0.717, 1.165) is 57.4 Å². The summed E-state index contributed by atoms with van der Waals surface area (Å²) in [7, 11) is 0. The van der Waals surface area contributed by atoms with Crippen molar-refractivity contribution in [3.8, 4) is 5.69 Å². The zero-order valence-corrected chi connectivity index (χ0v) is 20.5. The molecule has 1 fully saturated rings. The molecular formula is C28H34F2N4O. The van der Waals surface area contributed by atoms with Crippen molar-refractivity contribution < 1.29 is 8.78 Å². The van der Waals surface area contributed by atoms with Crippen LogP contribution in [-0.2, 0) is 6.42 Å². The molecule has 1 aliphatic rings. The molecule has 0 unspecified atom stereocenters. The van der Waals surface area contributed by atoms with Gasteiger partial charge in [0, 0.05) is 36.9 Å². The molecule has 2 atom stereocenters. The second-order valence-corrected chi connectivity index (χ2v) is 9.25. The molecule has 4 rings (SSSR count). The fourth-order valence-corrected chi connectivity index (χ4v) is 4.57. The van der Waals surface area contributed by atoms with Crippen molar-refractivity contribution in [2.45, 2.75) is 57.9 Å². The molecule has 0 aliphatic heterocycles. The van der Waals surface area contributed by atoms with E-state index in [4.69, 9.17) is 4.98 Å². The van der Waals surface area contributed by atoms with Crippen LogP contribution in [0.25, 0.3) is 5.69 Å². The Morgan fingerprint density at radius 1 is 1.00 bits per heavy atom. The van der Waals surface area contributed by atoms with E-state index in [1.54, 1.807) is 22.9 Å². The van der Waals surface area contributed by atoms with Crippen molar-refractivity contribution in [1.82, 2.24) is 14.9 Å². The van der Waals surface area contributed by atoms with E-state index in [9.17, 15) is 13.6 Å². The molecule has 1 aromatic heterocycles. The number of aryl methyl sites for hydroxylation is 1. The zero-order valence-electron chi connectivity index (χ0n) is 20.5. The Morgan fingerprint density at radius 3 is 2.26 bits per heavy atom. The first-order valence-corrected chi connectivity index (χ1v) is 12.6. The lowest BCUT2D eigenvalue weighted by atomic mass is 10.1. The van der Waals surface area contributed by atoms with Gasteiger partial charge in [0.2, 0.25) is 0 Å². The van der Waals surface area contributed by atoms with E-state index < -0.39 is 0 Å². The van der Waals surface area contributed by atoms with Crippen molar-refractivity contribution in [2.24, 2.45) is 0 Å². The topological polar surface area (TPSA) is 50.2 Å². The summed E-state index contributed by atoms with van der Waals surface area (Å²) < 4.78 is 28.2. The minimum Gasteiger partial charge on any atom is -0.352 e. The van der Waals surface area contributed by atoms with Crippen LogP contribution in [-0.4, -0.2) is 35.2 Å². The van der Waals surface area contributed by atoms with Gasteiger partial charge in [-0.1, -0.05) is 26.0 Å². The first-order chi connectivity index (χ1) is 17.0. The van der Waals surface area contributed by atoms with Crippen molar-refractivity contribution in [3.63, 3.8) is 0 Å². The first kappa shape index (κ1) is 25.0. The van der Waals surface area contributed by atoms with Gasteiger partial charge >= 0.3 is 0 Å². The van der Waals surface area contributed by atoms with Crippen molar-refractivity contribution in [2.75, 3.05) is 24.5 Å². The average molecular weight is 481 g/mol. The van der Waals surface area contributed by atoms with Crippen LogP contribution in [0, 0.1) is 11.6 Å². The van der Waals surface area contributed by atoms with Crippen LogP contribution in [0.4, 0.5) is 14.6 Å². The molecular weight excluding hydrogens is 446 g/mol. The SMILES string of the molecule is CCCN(CCC)c1nc(CCCN[C@@H]2C[C@H]2c2ccc(F)cc2)cn(-c2ccc(F)cc2)c1=O. The lowest BCUT2D eigenvalue weighted by molar-refractivity contribution is 0.622. The molecule has 3 aromatic rings. The molecule has 0 saturated heterocycles. The third-order valence-corrected chi connectivity index (χ3v) is 6.43. The second kappa shape index (κ2) is 11.6. The number of hydrogen-bond acceptors (Lipinski definition) is 4. The number of anilines is 1. The highest BCUT2D eigenvalue weighted by atomic mass is 19.1. The van der Waals surface area contributed by atoms with Gasteiger partial charge in [0.25, 0.3) is 5.56 Å². The van der Waals surface area contributed by atoms with E-state index in [1.165, 1.54) is 29.8 Å². The molecule has 1 N–H and O–H groups in total. The summed E-state index contributed by atoms with van der Waals surface area (Å²) in [6, 6.07) is 13.2. The van der Waals surface area contributed by atoms with E-state index in [2.05, 4.69) is 24.1 Å². The van der Waals surface area contributed by atoms with E-state index in [0.29, 0.717) is 23.5 Å². The van der Waals surface area contributed by atoms with E-state index in [-0.39, 0.29) is 17.2 Å². The maximum absolute atomic E-state index is 13.5. The van der Waals surface area contributed by atoms with E-state index >= 15 is 0 Å². The number of benzene rings is 2. The molecule has 0 amide bonds. The van der Waals surface area contributed by atoms with Gasteiger partial charge in [0.15, 0.2) is 5.82 Å². The zero-order chi connectivity index (χ0) is 24.8. The molecule has 0 spiro atoms. The highest BCUT2D eigenvalue weighted by Gasteiger charge is 2.37. The monoisotopic (exact) mass is 480 g/mol. The largest absolute Gasteiger partial charge is 0.352 e. The minimum absolute atomic E-state index is 0.180. The van der Waals surface area contributed by atoms with Crippen LogP contribution >= 0.6 is 0 Å². The smallest absolute Gasteiger partial charge is 0.298 e. The Labute approximate surface area is 205 Å². The molecule has 35 heavy (non-hydrogen) atoms. The fraction of sp³-hybridized carbons (Fsp3) is 0.429. The molecule has 5 nitrogen and oxygen atoms in total. The number of nitrogens with one attached hydrogen (secondary N) is 1. The maximum Gasteiger partial charge on any atom is 0.298 e. The van der Waals surface area contributed by atoms with Crippen LogP contribution in [0.2, 0.25) is 0 Å². The first-order valence-electron chi connectivity index (χ1n) is 12.6. The molecule has 1 saturated carbocycles. The second-order valence-electron chi connectivity index (χ2n) is 9.25. The van der Waals surface area contributed by atoms with Gasteiger partial charge in [0.05, 0.1) is 5.69 Å². The van der Waals surface area contributed by atoms with Gasteiger partial charge in [-0.25, -0.2) is 13.8 Å². The number of nitrogens with zero attached hydrogens (tertiary/aromatic N) is 3. The number of halogens is 2. The maximum atomic E-state index is 13.5. The Bertz CT molecular complexity index is 1160. The predicted octanol–water partition coefficient (Wildman–Crippen LogP) is 5.22. The third kappa shape index (κ3) is 6.34. The van der Waals surface area contributed by atoms with Gasteiger partial charge in [-0.05, 0) is 80.6 Å². The molecule has 186 valence electrons. The highest BCUT2D eigenvalue weighted by molar-refractivity contribution is 5.42. The fourth-order valence-electron chi connectivity index (χ4n) is 4.57. The lowest BCUT2D eigenvalue weighted by Gasteiger charge is -2.23. The Kier molecular flexibility index (Phi) is 8.29. The molecule has 0 radical (unpaired) electrons. The van der Waals surface area contributed by atoms with Gasteiger partial charge in [-0.2, -0.15) is 0 Å². The van der Waals surface area contributed by atoms with Crippen molar-refractivity contribution in [3.05, 3.63) is 88.0 Å². The predicted molar refractivity (Wildman–Crippen MR) is 136 cm³/mol. The number of hydrogen-bond donors (Lipinski definition) is 1. The molecule has 0 bridgehead atoms. The third-order valence-electron chi connectivity index (χ3n) is 6.43. The minimum atomic E-state index is -0.333. The normalized spacial score (nSPS) is 16.9. The summed E-state index contributed by atoms with van der Waals surface area (Å²) in [5.74, 6) is 0.364. The molecule has 2 aromatic carbocycles. The highest BCUT2D eigenvalue weighted by Crippen LogP contribution is 2.40. The van der Waals surface area contributed by atoms with Crippen molar-refractivity contribution in [1.29, 1.82) is 0 Å². The summed E-state index contributed by atoms with van der Waals surface area (Å²) in [6.07, 6.45) is 6.29. The summed E-state index contributed by atoms with van der Waals surface area (Å²) in [4.78, 5) is 20.2. The number of aromatic nitrogens is 2. The van der Waals surface area contributed by atoms with Crippen LogP contribution in [0.5, 0.6) is 0 Å². The summed E-state index contributed by atoms with van der Waals surface area (Å²) in [5.41, 5.74) is 2.47. The van der Waals surface area contributed by atoms with Crippen LogP contribution in [0.3, 0.4) is 0 Å². The van der Waals surface area contributed by atoms with Gasteiger partial charge in [0.1, 0.15) is 11.6 Å². The Hall–Kier alpha value is -3.06. The summed E-state index contributed by atoms with van der Waals surface area (Å²) >= 11 is 0. The summed E-state index contributed by atoms with van der Waals surface area (Å²) in [6.45, 7) is 6.54. The van der Waals surface area contributed by atoms with Crippen LogP contribution < -0.4 is 15.8 Å². The number of rotatable bonds is 12. The summed E-state index contributed by atoms with van der Waals surface area (Å²) in [5, 5.41) is 3.59. The van der Waals surface area contributed by atoms with E-state index in [1.807, 2.05) is 12.1 Å². The Balaban J connectivity index is 1.45. The van der Waals surface area contributed by atoms with Gasteiger partial charge in [-0.15, -0.1) is 0 Å². The van der Waals surface area contributed by atoms with Crippen molar-refractivity contribution >= 4 is 5.82 Å². The quantitative estimate of drug-likeness (QED) is 0.361. The lowest BCUT2D eigenvalue weighted by Crippen LogP contribution is -2.35. The Morgan fingerprint density at radius 2 is 1.63 bits per heavy atom. The molecule has 1 heterocycles. The van der Waals surface area contributed by atoms with Crippen LogP contribution in [0.1, 0.15) is 56.7 Å². The van der Waals surface area contributed by atoms with Gasteiger partial charge < -0.3 is 10.2 Å². The molecule has 7 heteroatoms.